The van der Waals surface area contributed by atoms with Gasteiger partial charge in [0, 0.05) is 26.5 Å². The SMILES string of the molecule is COc1ccc(/C=N/NC(=O)c2[nH]c3ccc(Br)cc3c2-c2ccccc2)c(C(=O)O)c1OC. The largest absolute Gasteiger partial charge is 0.493 e. The summed E-state index contributed by atoms with van der Waals surface area (Å²) in [5.74, 6) is -1.34. The van der Waals surface area contributed by atoms with E-state index in [1.54, 1.807) is 6.07 Å². The number of carbonyl (C=O) groups is 2. The maximum atomic E-state index is 13.1. The number of nitrogens with zero attached hydrogens (tertiary/aromatic N) is 1. The van der Waals surface area contributed by atoms with E-state index in [0.717, 1.165) is 26.5 Å². The van der Waals surface area contributed by atoms with Crippen molar-refractivity contribution in [1.82, 2.24) is 10.4 Å². The first kappa shape index (κ1) is 23.1. The summed E-state index contributed by atoms with van der Waals surface area (Å²) in [6.45, 7) is 0. The van der Waals surface area contributed by atoms with E-state index >= 15 is 0 Å². The van der Waals surface area contributed by atoms with Gasteiger partial charge in [0.25, 0.3) is 5.91 Å². The number of carbonyl (C=O) groups excluding carboxylic acids is 1. The molecule has 0 spiro atoms. The molecule has 4 rings (SSSR count). The first-order chi connectivity index (χ1) is 16.4. The molecule has 1 aromatic heterocycles. The third-order valence-corrected chi connectivity index (χ3v) is 5.70. The predicted molar refractivity (Wildman–Crippen MR) is 133 cm³/mol. The number of methoxy groups -OCH3 is 2. The van der Waals surface area contributed by atoms with Gasteiger partial charge in [0.05, 0.1) is 20.4 Å². The van der Waals surface area contributed by atoms with E-state index in [-0.39, 0.29) is 22.6 Å². The number of carboxylic acids is 1. The van der Waals surface area contributed by atoms with E-state index in [1.807, 2.05) is 48.5 Å². The average molecular weight is 522 g/mol. The number of nitrogens with one attached hydrogen (secondary N) is 2. The molecule has 0 saturated heterocycles. The van der Waals surface area contributed by atoms with Gasteiger partial charge in [0.15, 0.2) is 11.5 Å². The minimum atomic E-state index is -1.21. The second-order valence-corrected chi connectivity index (χ2v) is 8.12. The van der Waals surface area contributed by atoms with Crippen molar-refractivity contribution in [2.24, 2.45) is 5.10 Å². The van der Waals surface area contributed by atoms with Crippen LogP contribution < -0.4 is 14.9 Å². The lowest BCUT2D eigenvalue weighted by Gasteiger charge is -2.12. The highest BCUT2D eigenvalue weighted by Crippen LogP contribution is 2.35. The zero-order chi connectivity index (χ0) is 24.2. The molecule has 0 unspecified atom stereocenters. The Bertz CT molecular complexity index is 1410. The number of hydrazone groups is 1. The van der Waals surface area contributed by atoms with Crippen LogP contribution in [0.2, 0.25) is 0 Å². The van der Waals surface area contributed by atoms with Gasteiger partial charge in [-0.2, -0.15) is 5.10 Å². The summed E-state index contributed by atoms with van der Waals surface area (Å²) in [7, 11) is 2.77. The molecule has 0 aliphatic heterocycles. The number of carboxylic acid groups (broad SMARTS) is 1. The molecular formula is C25H20BrN3O5. The molecule has 0 bridgehead atoms. The molecule has 1 amide bonds. The molecule has 0 atom stereocenters. The summed E-state index contributed by atoms with van der Waals surface area (Å²) >= 11 is 3.49. The highest BCUT2D eigenvalue weighted by Gasteiger charge is 2.21. The summed E-state index contributed by atoms with van der Waals surface area (Å²) < 4.78 is 11.3. The predicted octanol–water partition coefficient (Wildman–Crippen LogP) is 5.08. The fourth-order valence-electron chi connectivity index (χ4n) is 3.73. The minimum Gasteiger partial charge on any atom is -0.493 e. The van der Waals surface area contributed by atoms with Gasteiger partial charge in [0.1, 0.15) is 11.3 Å². The standard InChI is InChI=1S/C25H20BrN3O5/c1-33-19-11-8-15(21(25(31)32)23(19)34-2)13-27-29-24(30)22-20(14-6-4-3-5-7-14)17-12-16(26)9-10-18(17)28-22/h3-13,28H,1-2H3,(H,29,30)(H,31,32)/b27-13+. The molecule has 0 aliphatic rings. The molecule has 0 fully saturated rings. The lowest BCUT2D eigenvalue weighted by Crippen LogP contribution is -2.19. The number of aromatic nitrogens is 1. The van der Waals surface area contributed by atoms with E-state index in [2.05, 4.69) is 31.4 Å². The Kier molecular flexibility index (Phi) is 6.65. The lowest BCUT2D eigenvalue weighted by molar-refractivity contribution is 0.0692. The van der Waals surface area contributed by atoms with Crippen LogP contribution in [0.4, 0.5) is 0 Å². The van der Waals surface area contributed by atoms with Crippen LogP contribution >= 0.6 is 15.9 Å². The second kappa shape index (κ2) is 9.80. The van der Waals surface area contributed by atoms with Gasteiger partial charge in [-0.1, -0.05) is 46.3 Å². The van der Waals surface area contributed by atoms with E-state index in [9.17, 15) is 14.7 Å². The van der Waals surface area contributed by atoms with Gasteiger partial charge >= 0.3 is 5.97 Å². The number of hydrogen-bond acceptors (Lipinski definition) is 5. The molecule has 34 heavy (non-hydrogen) atoms. The quantitative estimate of drug-likeness (QED) is 0.232. The molecule has 172 valence electrons. The van der Waals surface area contributed by atoms with Crippen molar-refractivity contribution in [3.05, 3.63) is 82.0 Å². The smallest absolute Gasteiger partial charge is 0.340 e. The van der Waals surface area contributed by atoms with Crippen LogP contribution in [0, 0.1) is 0 Å². The summed E-state index contributed by atoms with van der Waals surface area (Å²) in [6, 6.07) is 18.4. The number of rotatable bonds is 7. The Hall–Kier alpha value is -4.11. The van der Waals surface area contributed by atoms with E-state index in [0.29, 0.717) is 5.69 Å². The van der Waals surface area contributed by atoms with Crippen molar-refractivity contribution >= 4 is 44.9 Å². The van der Waals surface area contributed by atoms with Crippen molar-refractivity contribution in [3.63, 3.8) is 0 Å². The molecule has 0 saturated carbocycles. The number of H-pyrrole nitrogens is 1. The lowest BCUT2D eigenvalue weighted by atomic mass is 10.0. The van der Waals surface area contributed by atoms with Crippen LogP contribution in [-0.2, 0) is 0 Å². The highest BCUT2D eigenvalue weighted by molar-refractivity contribution is 9.10. The number of aromatic carboxylic acids is 1. The summed E-state index contributed by atoms with van der Waals surface area (Å²) in [5.41, 5.74) is 5.35. The number of halogens is 1. The number of amides is 1. The Morgan fingerprint density at radius 2 is 1.82 bits per heavy atom. The fraction of sp³-hybridized carbons (Fsp3) is 0.0800. The van der Waals surface area contributed by atoms with Gasteiger partial charge in [0.2, 0.25) is 0 Å². The molecule has 0 radical (unpaired) electrons. The van der Waals surface area contributed by atoms with Crippen molar-refractivity contribution in [3.8, 4) is 22.6 Å². The summed E-state index contributed by atoms with van der Waals surface area (Å²) in [5, 5.41) is 14.5. The molecule has 3 aromatic carbocycles. The Morgan fingerprint density at radius 3 is 2.50 bits per heavy atom. The van der Waals surface area contributed by atoms with Crippen molar-refractivity contribution < 1.29 is 24.2 Å². The minimum absolute atomic E-state index is 0.0674. The molecule has 3 N–H and O–H groups in total. The Balaban J connectivity index is 1.70. The topological polar surface area (TPSA) is 113 Å². The van der Waals surface area contributed by atoms with Gasteiger partial charge in [-0.05, 0) is 35.9 Å². The van der Waals surface area contributed by atoms with Crippen LogP contribution in [0.5, 0.6) is 11.5 Å². The third-order valence-electron chi connectivity index (χ3n) is 5.21. The second-order valence-electron chi connectivity index (χ2n) is 7.20. The van der Waals surface area contributed by atoms with E-state index < -0.39 is 11.9 Å². The summed E-state index contributed by atoms with van der Waals surface area (Å²) in [4.78, 5) is 28.1. The molecule has 0 aliphatic carbocycles. The average Bonchev–Trinajstić information content (AvgIpc) is 3.22. The van der Waals surface area contributed by atoms with Gasteiger partial charge in [-0.15, -0.1) is 0 Å². The number of fused-ring (bicyclic) bond motifs is 1. The third kappa shape index (κ3) is 4.38. The maximum Gasteiger partial charge on any atom is 0.340 e. The monoisotopic (exact) mass is 521 g/mol. The molecule has 1 heterocycles. The number of ether oxygens (including phenoxy) is 2. The number of benzene rings is 3. The Morgan fingerprint density at radius 1 is 1.06 bits per heavy atom. The van der Waals surface area contributed by atoms with Crippen LogP contribution in [0.1, 0.15) is 26.4 Å². The highest BCUT2D eigenvalue weighted by atomic mass is 79.9. The zero-order valence-electron chi connectivity index (χ0n) is 18.3. The molecule has 4 aromatic rings. The van der Waals surface area contributed by atoms with Crippen molar-refractivity contribution in [2.75, 3.05) is 14.2 Å². The van der Waals surface area contributed by atoms with E-state index in [4.69, 9.17) is 9.47 Å². The van der Waals surface area contributed by atoms with Crippen LogP contribution in [0.25, 0.3) is 22.0 Å². The van der Waals surface area contributed by atoms with E-state index in [1.165, 1.54) is 26.5 Å². The van der Waals surface area contributed by atoms with Crippen molar-refractivity contribution in [2.45, 2.75) is 0 Å². The molecular weight excluding hydrogens is 502 g/mol. The zero-order valence-corrected chi connectivity index (χ0v) is 19.8. The first-order valence-corrected chi connectivity index (χ1v) is 10.9. The van der Waals surface area contributed by atoms with Gasteiger partial charge in [-0.3, -0.25) is 4.79 Å². The molecule has 8 nitrogen and oxygen atoms in total. The molecule has 9 heteroatoms. The first-order valence-electron chi connectivity index (χ1n) is 10.1. The number of hydrogen-bond donors (Lipinski definition) is 3. The van der Waals surface area contributed by atoms with Crippen LogP contribution in [0.15, 0.2) is 70.2 Å². The van der Waals surface area contributed by atoms with Gasteiger partial charge < -0.3 is 19.6 Å². The Labute approximate surface area is 203 Å². The number of aromatic amines is 1. The van der Waals surface area contributed by atoms with Crippen molar-refractivity contribution in [1.29, 1.82) is 0 Å². The van der Waals surface area contributed by atoms with Gasteiger partial charge in [-0.25, -0.2) is 10.2 Å². The fourth-order valence-corrected chi connectivity index (χ4v) is 4.09. The normalized spacial score (nSPS) is 11.0. The van der Waals surface area contributed by atoms with Crippen LogP contribution in [0.3, 0.4) is 0 Å². The van der Waals surface area contributed by atoms with Crippen LogP contribution in [-0.4, -0.2) is 42.4 Å². The maximum absolute atomic E-state index is 13.1. The summed E-state index contributed by atoms with van der Waals surface area (Å²) in [6.07, 6.45) is 1.25.